The van der Waals surface area contributed by atoms with Gasteiger partial charge in [0.2, 0.25) is 0 Å². The number of benzene rings is 8. The minimum Gasteiger partial charge on any atom is -0.309 e. The van der Waals surface area contributed by atoms with E-state index in [4.69, 9.17) is 15.0 Å². The van der Waals surface area contributed by atoms with E-state index in [1.54, 1.807) is 0 Å². The van der Waals surface area contributed by atoms with Crippen LogP contribution in [0.1, 0.15) is 26.3 Å². The summed E-state index contributed by atoms with van der Waals surface area (Å²) in [6, 6.07) is 69.0. The molecule has 11 rings (SSSR count). The molecule has 0 saturated heterocycles. The van der Waals surface area contributed by atoms with Crippen LogP contribution in [-0.4, -0.2) is 24.1 Å². The van der Waals surface area contributed by atoms with Gasteiger partial charge in [-0.1, -0.05) is 160 Å². The summed E-state index contributed by atoms with van der Waals surface area (Å²) in [5.74, 6) is 1.87. The summed E-state index contributed by atoms with van der Waals surface area (Å²) in [5.41, 5.74) is 13.0. The highest BCUT2D eigenvalue weighted by Crippen LogP contribution is 2.41. The number of para-hydroxylation sites is 3. The summed E-state index contributed by atoms with van der Waals surface area (Å²) in [6.45, 7) is 6.82. The van der Waals surface area contributed by atoms with Crippen LogP contribution in [0.25, 0.3) is 100 Å². The molecule has 0 spiro atoms. The van der Waals surface area contributed by atoms with Crippen molar-refractivity contribution in [3.8, 4) is 56.7 Å². The third-order valence-corrected chi connectivity index (χ3v) is 11.7. The van der Waals surface area contributed by atoms with E-state index in [0.29, 0.717) is 17.5 Å². The number of hydrogen-bond donors (Lipinski definition) is 0. The van der Waals surface area contributed by atoms with Crippen LogP contribution in [0.2, 0.25) is 0 Å². The highest BCUT2D eigenvalue weighted by molar-refractivity contribution is 6.11. The average molecular weight is 772 g/mol. The molecular weight excluding hydrogens is 731 g/mol. The van der Waals surface area contributed by atoms with E-state index >= 15 is 0 Å². The number of rotatable bonds is 6. The van der Waals surface area contributed by atoms with Crippen molar-refractivity contribution in [1.29, 1.82) is 0 Å². The van der Waals surface area contributed by atoms with Gasteiger partial charge in [0.15, 0.2) is 17.5 Å². The van der Waals surface area contributed by atoms with Gasteiger partial charge in [-0.05, 0) is 76.7 Å². The Morgan fingerprint density at radius 3 is 1.50 bits per heavy atom. The third kappa shape index (κ3) is 5.97. The van der Waals surface area contributed by atoms with Crippen molar-refractivity contribution in [2.75, 3.05) is 0 Å². The van der Waals surface area contributed by atoms with Gasteiger partial charge in [0.1, 0.15) is 0 Å². The van der Waals surface area contributed by atoms with Gasteiger partial charge in [-0.3, -0.25) is 0 Å². The molecule has 0 bridgehead atoms. The highest BCUT2D eigenvalue weighted by atomic mass is 15.1. The van der Waals surface area contributed by atoms with Gasteiger partial charge in [0.25, 0.3) is 0 Å². The minimum absolute atomic E-state index is 0.0339. The lowest BCUT2D eigenvalue weighted by molar-refractivity contribution is 0.591. The molecule has 60 heavy (non-hydrogen) atoms. The lowest BCUT2D eigenvalue weighted by Gasteiger charge is -2.20. The molecule has 286 valence electrons. The van der Waals surface area contributed by atoms with Gasteiger partial charge in [-0.25, -0.2) is 15.0 Å². The predicted octanol–water partition coefficient (Wildman–Crippen LogP) is 14.0. The van der Waals surface area contributed by atoms with Crippen LogP contribution >= 0.6 is 0 Å². The topological polar surface area (TPSA) is 48.5 Å². The maximum absolute atomic E-state index is 5.31. The molecule has 11 aromatic rings. The van der Waals surface area contributed by atoms with E-state index in [-0.39, 0.29) is 5.41 Å². The van der Waals surface area contributed by atoms with Gasteiger partial charge in [0, 0.05) is 43.9 Å². The molecule has 0 aliphatic rings. The molecule has 0 atom stereocenters. The Balaban J connectivity index is 1.20. The van der Waals surface area contributed by atoms with E-state index < -0.39 is 0 Å². The van der Waals surface area contributed by atoms with Crippen LogP contribution in [0.15, 0.2) is 194 Å². The number of aromatic nitrogens is 5. The van der Waals surface area contributed by atoms with Gasteiger partial charge in [0.05, 0.1) is 27.8 Å². The lowest BCUT2D eigenvalue weighted by atomic mass is 9.86. The second-order valence-electron chi connectivity index (χ2n) is 16.5. The van der Waals surface area contributed by atoms with Gasteiger partial charge in [-0.15, -0.1) is 0 Å². The molecule has 0 fully saturated rings. The Morgan fingerprint density at radius 2 is 0.850 bits per heavy atom. The Kier molecular flexibility index (Phi) is 8.31. The zero-order valence-electron chi connectivity index (χ0n) is 33.7. The Bertz CT molecular complexity index is 3330. The number of nitrogens with zero attached hydrogens (tertiary/aromatic N) is 5. The molecule has 0 amide bonds. The molecule has 3 aromatic heterocycles. The van der Waals surface area contributed by atoms with Gasteiger partial charge in [-0.2, -0.15) is 0 Å². The van der Waals surface area contributed by atoms with Crippen molar-refractivity contribution in [2.45, 2.75) is 26.2 Å². The van der Waals surface area contributed by atoms with E-state index in [0.717, 1.165) is 50.2 Å². The first kappa shape index (κ1) is 35.5. The molecule has 5 nitrogen and oxygen atoms in total. The first-order valence-corrected chi connectivity index (χ1v) is 20.5. The second kappa shape index (κ2) is 14.0. The summed E-state index contributed by atoms with van der Waals surface area (Å²) < 4.78 is 4.77. The molecule has 0 aliphatic heterocycles. The zero-order chi connectivity index (χ0) is 40.4. The monoisotopic (exact) mass is 771 g/mol. The average Bonchev–Trinajstić information content (AvgIpc) is 3.81. The molecule has 0 unspecified atom stereocenters. The molecule has 0 saturated carbocycles. The Labute approximate surface area is 348 Å². The van der Waals surface area contributed by atoms with E-state index in [9.17, 15) is 0 Å². The SMILES string of the molecule is CC(C)(C)c1ccc2c3ccccc3n(-c3ccc(-c4ccc5c(c4)c4ccccc4n5-c4ccccc4)cc3-c3nc(-c4ccccc4)nc(-c4ccccc4)n3)c2c1. The summed E-state index contributed by atoms with van der Waals surface area (Å²) in [4.78, 5) is 15.7. The quantitative estimate of drug-likeness (QED) is 0.169. The standard InChI is InChI=1S/C55H41N5/c1-55(2,3)40-29-30-44-42-23-13-16-26-48(42)60(51(44)35-40)50-32-28-39(38-27-31-49-45(33-38)43-24-14-15-25-47(43)59(49)41-21-11-6-12-22-41)34-46(50)54-57-52(36-17-7-4-8-18-36)56-53(58-54)37-19-9-5-10-20-37/h4-35H,1-3H3. The van der Waals surface area contributed by atoms with Gasteiger partial charge >= 0.3 is 0 Å². The fraction of sp³-hybridized carbons (Fsp3) is 0.0727. The molecule has 0 radical (unpaired) electrons. The first-order valence-electron chi connectivity index (χ1n) is 20.5. The van der Waals surface area contributed by atoms with Crippen LogP contribution in [0, 0.1) is 0 Å². The molecule has 0 N–H and O–H groups in total. The fourth-order valence-corrected chi connectivity index (χ4v) is 8.72. The molecule has 3 heterocycles. The molecular formula is C55H41N5. The van der Waals surface area contributed by atoms with Crippen LogP contribution in [0.4, 0.5) is 0 Å². The predicted molar refractivity (Wildman–Crippen MR) is 249 cm³/mol. The van der Waals surface area contributed by atoms with E-state index in [1.165, 1.54) is 38.1 Å². The van der Waals surface area contributed by atoms with Gasteiger partial charge < -0.3 is 9.13 Å². The molecule has 0 aliphatic carbocycles. The van der Waals surface area contributed by atoms with Crippen LogP contribution in [0.3, 0.4) is 0 Å². The van der Waals surface area contributed by atoms with Crippen molar-refractivity contribution in [3.63, 3.8) is 0 Å². The smallest absolute Gasteiger partial charge is 0.166 e. The van der Waals surface area contributed by atoms with Crippen molar-refractivity contribution >= 4 is 43.6 Å². The van der Waals surface area contributed by atoms with Crippen LogP contribution in [0.5, 0.6) is 0 Å². The van der Waals surface area contributed by atoms with Crippen LogP contribution < -0.4 is 0 Å². The summed E-state index contributed by atoms with van der Waals surface area (Å²) in [6.07, 6.45) is 0. The Morgan fingerprint density at radius 1 is 0.350 bits per heavy atom. The van der Waals surface area contributed by atoms with Crippen molar-refractivity contribution in [2.24, 2.45) is 0 Å². The summed E-state index contributed by atoms with van der Waals surface area (Å²) >= 11 is 0. The third-order valence-electron chi connectivity index (χ3n) is 11.7. The summed E-state index contributed by atoms with van der Waals surface area (Å²) in [5, 5.41) is 4.83. The Hall–Kier alpha value is -7.63. The second-order valence-corrected chi connectivity index (χ2v) is 16.5. The number of fused-ring (bicyclic) bond motifs is 6. The van der Waals surface area contributed by atoms with Crippen molar-refractivity contribution in [1.82, 2.24) is 24.1 Å². The maximum Gasteiger partial charge on any atom is 0.166 e. The minimum atomic E-state index is -0.0339. The lowest BCUT2D eigenvalue weighted by Crippen LogP contribution is -2.11. The van der Waals surface area contributed by atoms with E-state index in [2.05, 4.69) is 188 Å². The molecule has 8 aromatic carbocycles. The summed E-state index contributed by atoms with van der Waals surface area (Å²) in [7, 11) is 0. The van der Waals surface area contributed by atoms with Crippen molar-refractivity contribution in [3.05, 3.63) is 200 Å². The largest absolute Gasteiger partial charge is 0.309 e. The van der Waals surface area contributed by atoms with Crippen molar-refractivity contribution < 1.29 is 0 Å². The highest BCUT2D eigenvalue weighted by Gasteiger charge is 2.23. The fourth-order valence-electron chi connectivity index (χ4n) is 8.72. The van der Waals surface area contributed by atoms with Crippen LogP contribution in [-0.2, 0) is 5.41 Å². The number of hydrogen-bond acceptors (Lipinski definition) is 3. The normalized spacial score (nSPS) is 11.9. The maximum atomic E-state index is 5.31. The van der Waals surface area contributed by atoms with E-state index in [1.807, 2.05) is 36.4 Å². The first-order chi connectivity index (χ1) is 29.4. The molecule has 5 heteroatoms. The zero-order valence-corrected chi connectivity index (χ0v) is 33.7.